The van der Waals surface area contributed by atoms with Gasteiger partial charge in [0.2, 0.25) is 11.2 Å². The molecule has 0 saturated carbocycles. The quantitative estimate of drug-likeness (QED) is 0.843. The van der Waals surface area contributed by atoms with E-state index in [9.17, 15) is 0 Å². The van der Waals surface area contributed by atoms with Crippen molar-refractivity contribution in [1.82, 2.24) is 19.9 Å². The van der Waals surface area contributed by atoms with Crippen LogP contribution in [-0.4, -0.2) is 33.0 Å². The van der Waals surface area contributed by atoms with Crippen LogP contribution in [0.3, 0.4) is 0 Å². The fourth-order valence-electron chi connectivity index (χ4n) is 2.20. The predicted molar refractivity (Wildman–Crippen MR) is 74.1 cm³/mol. The fraction of sp³-hybridized carbons (Fsp3) is 0.385. The standard InChI is InChI=1S/C13H14ClN5/c14-12-16-11(10-5-4-6-15-9-10)17-13(18-12)19-7-2-1-3-8-19/h4-6,9H,1-3,7-8H2. The van der Waals surface area contributed by atoms with Gasteiger partial charge in [0.25, 0.3) is 0 Å². The number of nitrogens with zero attached hydrogens (tertiary/aromatic N) is 5. The molecule has 0 bridgehead atoms. The van der Waals surface area contributed by atoms with Crippen LogP contribution < -0.4 is 4.90 Å². The Balaban J connectivity index is 1.96. The Morgan fingerprint density at radius 2 is 1.89 bits per heavy atom. The van der Waals surface area contributed by atoms with E-state index in [1.165, 1.54) is 19.3 Å². The van der Waals surface area contributed by atoms with Crippen LogP contribution in [0, 0.1) is 0 Å². The number of halogens is 1. The van der Waals surface area contributed by atoms with Crippen molar-refractivity contribution < 1.29 is 0 Å². The van der Waals surface area contributed by atoms with Gasteiger partial charge in [-0.2, -0.15) is 15.0 Å². The molecule has 1 fully saturated rings. The highest BCUT2D eigenvalue weighted by Crippen LogP contribution is 2.21. The summed E-state index contributed by atoms with van der Waals surface area (Å²) in [5.41, 5.74) is 0.852. The van der Waals surface area contributed by atoms with Crippen LogP contribution in [0.2, 0.25) is 5.28 Å². The SMILES string of the molecule is Clc1nc(-c2cccnc2)nc(N2CCCCC2)n1. The third-order valence-corrected chi connectivity index (χ3v) is 3.32. The Morgan fingerprint density at radius 1 is 1.05 bits per heavy atom. The Kier molecular flexibility index (Phi) is 3.55. The molecule has 0 aromatic carbocycles. The van der Waals surface area contributed by atoms with Crippen molar-refractivity contribution in [3.05, 3.63) is 29.8 Å². The lowest BCUT2D eigenvalue weighted by molar-refractivity contribution is 0.567. The minimum Gasteiger partial charge on any atom is -0.341 e. The lowest BCUT2D eigenvalue weighted by Crippen LogP contribution is -2.31. The molecule has 19 heavy (non-hydrogen) atoms. The number of hydrogen-bond donors (Lipinski definition) is 0. The first-order valence-corrected chi connectivity index (χ1v) is 6.78. The molecule has 0 amide bonds. The van der Waals surface area contributed by atoms with Crippen LogP contribution in [0.5, 0.6) is 0 Å². The largest absolute Gasteiger partial charge is 0.341 e. The van der Waals surface area contributed by atoms with Gasteiger partial charge in [-0.25, -0.2) is 0 Å². The molecule has 0 N–H and O–H groups in total. The van der Waals surface area contributed by atoms with Crippen molar-refractivity contribution in [2.45, 2.75) is 19.3 Å². The normalized spacial score (nSPS) is 15.5. The summed E-state index contributed by atoms with van der Waals surface area (Å²) in [5.74, 6) is 1.24. The lowest BCUT2D eigenvalue weighted by Gasteiger charge is -2.26. The molecule has 98 valence electrons. The number of anilines is 1. The second kappa shape index (κ2) is 5.48. The number of pyridine rings is 1. The maximum Gasteiger partial charge on any atom is 0.230 e. The minimum atomic E-state index is 0.231. The molecule has 1 saturated heterocycles. The summed E-state index contributed by atoms with van der Waals surface area (Å²) in [7, 11) is 0. The lowest BCUT2D eigenvalue weighted by atomic mass is 10.1. The molecule has 2 aromatic heterocycles. The molecule has 0 spiro atoms. The first-order valence-electron chi connectivity index (χ1n) is 6.40. The molecule has 0 aliphatic carbocycles. The summed E-state index contributed by atoms with van der Waals surface area (Å²) in [5, 5.41) is 0.231. The van der Waals surface area contributed by atoms with Crippen molar-refractivity contribution in [3.63, 3.8) is 0 Å². The second-order valence-electron chi connectivity index (χ2n) is 4.52. The zero-order chi connectivity index (χ0) is 13.1. The summed E-state index contributed by atoms with van der Waals surface area (Å²) in [6, 6.07) is 3.77. The van der Waals surface area contributed by atoms with E-state index in [1.54, 1.807) is 12.4 Å². The molecule has 0 atom stereocenters. The van der Waals surface area contributed by atoms with Crippen molar-refractivity contribution in [1.29, 1.82) is 0 Å². The van der Waals surface area contributed by atoms with E-state index in [1.807, 2.05) is 12.1 Å². The van der Waals surface area contributed by atoms with Gasteiger partial charge in [0.15, 0.2) is 5.82 Å². The first kappa shape index (κ1) is 12.3. The van der Waals surface area contributed by atoms with Crippen LogP contribution >= 0.6 is 11.6 Å². The molecular weight excluding hydrogens is 262 g/mol. The molecule has 5 nitrogen and oxygen atoms in total. The summed E-state index contributed by atoms with van der Waals surface area (Å²) >= 11 is 6.01. The van der Waals surface area contributed by atoms with E-state index in [0.29, 0.717) is 11.8 Å². The highest BCUT2D eigenvalue weighted by molar-refractivity contribution is 6.28. The average molecular weight is 276 g/mol. The highest BCUT2D eigenvalue weighted by Gasteiger charge is 2.16. The third-order valence-electron chi connectivity index (χ3n) is 3.15. The summed E-state index contributed by atoms with van der Waals surface area (Å²) in [6.45, 7) is 1.96. The van der Waals surface area contributed by atoms with Gasteiger partial charge in [-0.1, -0.05) is 0 Å². The van der Waals surface area contributed by atoms with Crippen molar-refractivity contribution in [3.8, 4) is 11.4 Å². The Labute approximate surface area is 116 Å². The van der Waals surface area contributed by atoms with Gasteiger partial charge in [0.1, 0.15) is 0 Å². The van der Waals surface area contributed by atoms with Crippen molar-refractivity contribution in [2.24, 2.45) is 0 Å². The number of rotatable bonds is 2. The molecule has 3 heterocycles. The second-order valence-corrected chi connectivity index (χ2v) is 4.86. The fourth-order valence-corrected chi connectivity index (χ4v) is 2.35. The molecule has 6 heteroatoms. The van der Waals surface area contributed by atoms with E-state index >= 15 is 0 Å². The zero-order valence-corrected chi connectivity index (χ0v) is 11.2. The van der Waals surface area contributed by atoms with E-state index in [4.69, 9.17) is 11.6 Å². The number of aromatic nitrogens is 4. The zero-order valence-electron chi connectivity index (χ0n) is 10.5. The van der Waals surface area contributed by atoms with Crippen LogP contribution in [0.25, 0.3) is 11.4 Å². The topological polar surface area (TPSA) is 54.8 Å². The maximum atomic E-state index is 6.01. The summed E-state index contributed by atoms with van der Waals surface area (Å²) in [6.07, 6.45) is 7.06. The van der Waals surface area contributed by atoms with E-state index in [0.717, 1.165) is 18.7 Å². The van der Waals surface area contributed by atoms with E-state index in [-0.39, 0.29) is 5.28 Å². The van der Waals surface area contributed by atoms with Crippen LogP contribution in [0.15, 0.2) is 24.5 Å². The monoisotopic (exact) mass is 275 g/mol. The van der Waals surface area contributed by atoms with Gasteiger partial charge in [0, 0.05) is 31.0 Å². The van der Waals surface area contributed by atoms with Gasteiger partial charge in [-0.3, -0.25) is 4.98 Å². The maximum absolute atomic E-state index is 6.01. The summed E-state index contributed by atoms with van der Waals surface area (Å²) in [4.78, 5) is 19.2. The molecule has 1 aliphatic heterocycles. The van der Waals surface area contributed by atoms with Gasteiger partial charge >= 0.3 is 0 Å². The molecule has 3 rings (SSSR count). The molecule has 0 radical (unpaired) electrons. The molecular formula is C13H14ClN5. The van der Waals surface area contributed by atoms with E-state index < -0.39 is 0 Å². The number of piperidine rings is 1. The molecule has 0 unspecified atom stereocenters. The number of hydrogen-bond acceptors (Lipinski definition) is 5. The van der Waals surface area contributed by atoms with Crippen LogP contribution in [-0.2, 0) is 0 Å². The minimum absolute atomic E-state index is 0.231. The predicted octanol–water partition coefficient (Wildman–Crippen LogP) is 2.58. The van der Waals surface area contributed by atoms with E-state index in [2.05, 4.69) is 24.8 Å². The smallest absolute Gasteiger partial charge is 0.230 e. The van der Waals surface area contributed by atoms with Gasteiger partial charge < -0.3 is 4.90 Å². The van der Waals surface area contributed by atoms with Gasteiger partial charge in [-0.05, 0) is 43.0 Å². The molecule has 2 aromatic rings. The third kappa shape index (κ3) is 2.81. The first-order chi connectivity index (χ1) is 9.33. The van der Waals surface area contributed by atoms with Crippen LogP contribution in [0.4, 0.5) is 5.95 Å². The summed E-state index contributed by atoms with van der Waals surface area (Å²) < 4.78 is 0. The van der Waals surface area contributed by atoms with Crippen molar-refractivity contribution >= 4 is 17.5 Å². The Morgan fingerprint density at radius 3 is 2.63 bits per heavy atom. The van der Waals surface area contributed by atoms with Crippen LogP contribution in [0.1, 0.15) is 19.3 Å². The highest BCUT2D eigenvalue weighted by atomic mass is 35.5. The Hall–Kier alpha value is -1.75. The Bertz CT molecular complexity index is 554. The van der Waals surface area contributed by atoms with Gasteiger partial charge in [-0.15, -0.1) is 0 Å². The molecule has 1 aliphatic rings. The average Bonchev–Trinajstić information content (AvgIpc) is 2.48. The van der Waals surface area contributed by atoms with Crippen molar-refractivity contribution in [2.75, 3.05) is 18.0 Å². The van der Waals surface area contributed by atoms with Gasteiger partial charge in [0.05, 0.1) is 0 Å².